The van der Waals surface area contributed by atoms with Crippen molar-refractivity contribution in [2.24, 2.45) is 0 Å². The first-order valence-corrected chi connectivity index (χ1v) is 6.28. The highest BCUT2D eigenvalue weighted by Gasteiger charge is 2.30. The third-order valence-corrected chi connectivity index (χ3v) is 3.56. The number of alkyl halides is 1. The molecule has 0 N–H and O–H groups in total. The number of rotatable bonds is 3. The van der Waals surface area contributed by atoms with Gasteiger partial charge in [-0.15, -0.1) is 11.6 Å². The van der Waals surface area contributed by atoms with Crippen LogP contribution >= 0.6 is 27.5 Å². The van der Waals surface area contributed by atoms with E-state index in [9.17, 15) is 4.79 Å². The summed E-state index contributed by atoms with van der Waals surface area (Å²) in [6.45, 7) is 1.11. The second-order valence-corrected chi connectivity index (χ2v) is 4.79. The monoisotopic (exact) mass is 303 g/mol. The maximum Gasteiger partial charge on any atom is 0.410 e. The largest absolute Gasteiger partial charge is 0.443 e. The van der Waals surface area contributed by atoms with Crippen molar-refractivity contribution < 1.29 is 9.53 Å². The molecule has 1 unspecified atom stereocenters. The molecule has 1 heterocycles. The maximum absolute atomic E-state index is 11.5. The molecule has 0 radical (unpaired) electrons. The first-order chi connectivity index (χ1) is 7.70. The lowest BCUT2D eigenvalue weighted by molar-refractivity contribution is 0.138. The van der Waals surface area contributed by atoms with Gasteiger partial charge in [-0.2, -0.15) is 0 Å². The van der Waals surface area contributed by atoms with E-state index < -0.39 is 0 Å². The van der Waals surface area contributed by atoms with E-state index in [0.29, 0.717) is 19.0 Å². The summed E-state index contributed by atoms with van der Waals surface area (Å²) in [4.78, 5) is 13.1. The molecular weight excluding hydrogens is 293 g/mol. The Morgan fingerprint density at radius 2 is 2.25 bits per heavy atom. The van der Waals surface area contributed by atoms with Crippen LogP contribution in [0.2, 0.25) is 0 Å². The highest BCUT2D eigenvalue weighted by Crippen LogP contribution is 2.21. The number of amides is 1. The molecule has 3 nitrogen and oxygen atoms in total. The van der Waals surface area contributed by atoms with E-state index in [1.807, 2.05) is 24.3 Å². The Morgan fingerprint density at radius 1 is 1.50 bits per heavy atom. The Bertz CT molecular complexity index is 399. The zero-order chi connectivity index (χ0) is 11.5. The molecule has 1 atom stereocenters. The summed E-state index contributed by atoms with van der Waals surface area (Å²) in [7, 11) is 0. The van der Waals surface area contributed by atoms with Gasteiger partial charge >= 0.3 is 6.09 Å². The van der Waals surface area contributed by atoms with Crippen LogP contribution in [-0.4, -0.2) is 29.5 Å². The average molecular weight is 305 g/mol. The normalized spacial score (nSPS) is 20.0. The predicted molar refractivity (Wildman–Crippen MR) is 65.5 cm³/mol. The van der Waals surface area contributed by atoms with Gasteiger partial charge in [0.1, 0.15) is 6.10 Å². The van der Waals surface area contributed by atoms with E-state index in [2.05, 4.69) is 15.9 Å². The van der Waals surface area contributed by atoms with Crippen molar-refractivity contribution in [3.63, 3.8) is 0 Å². The first-order valence-electron chi connectivity index (χ1n) is 4.95. The smallest absolute Gasteiger partial charge is 0.410 e. The van der Waals surface area contributed by atoms with Gasteiger partial charge < -0.3 is 9.64 Å². The van der Waals surface area contributed by atoms with Gasteiger partial charge in [-0.1, -0.05) is 34.1 Å². The fourth-order valence-electron chi connectivity index (χ4n) is 1.62. The van der Waals surface area contributed by atoms with Crippen molar-refractivity contribution in [2.45, 2.75) is 12.6 Å². The molecule has 0 bridgehead atoms. The van der Waals surface area contributed by atoms with Crippen LogP contribution in [0.15, 0.2) is 28.7 Å². The van der Waals surface area contributed by atoms with Crippen LogP contribution in [0, 0.1) is 0 Å². The van der Waals surface area contributed by atoms with Crippen molar-refractivity contribution in [3.8, 4) is 0 Å². The third-order valence-electron chi connectivity index (χ3n) is 2.44. The number of benzene rings is 1. The molecule has 1 aliphatic heterocycles. The van der Waals surface area contributed by atoms with E-state index in [4.69, 9.17) is 16.3 Å². The molecule has 1 aromatic rings. The molecule has 0 aliphatic carbocycles. The Hall–Kier alpha value is -0.740. The number of carbonyl (C=O) groups is 1. The molecular formula is C11H11BrClNO2. The van der Waals surface area contributed by atoms with Gasteiger partial charge in [0, 0.05) is 4.47 Å². The summed E-state index contributed by atoms with van der Waals surface area (Å²) in [5, 5.41) is 0. The number of nitrogens with zero attached hydrogens (tertiary/aromatic N) is 1. The second-order valence-electron chi connectivity index (χ2n) is 3.63. The van der Waals surface area contributed by atoms with Gasteiger partial charge in [-0.3, -0.25) is 0 Å². The Kier molecular flexibility index (Phi) is 3.71. The topological polar surface area (TPSA) is 29.5 Å². The van der Waals surface area contributed by atoms with Crippen molar-refractivity contribution in [1.29, 1.82) is 0 Å². The molecule has 2 rings (SSSR count). The van der Waals surface area contributed by atoms with E-state index in [0.717, 1.165) is 10.0 Å². The van der Waals surface area contributed by atoms with Gasteiger partial charge in [0.25, 0.3) is 0 Å². The van der Waals surface area contributed by atoms with Gasteiger partial charge in [0.15, 0.2) is 0 Å². The Morgan fingerprint density at radius 3 is 2.88 bits per heavy atom. The molecule has 86 valence electrons. The van der Waals surface area contributed by atoms with Crippen molar-refractivity contribution in [3.05, 3.63) is 34.3 Å². The van der Waals surface area contributed by atoms with Crippen LogP contribution in [0.25, 0.3) is 0 Å². The van der Waals surface area contributed by atoms with E-state index in [1.54, 1.807) is 4.90 Å². The lowest BCUT2D eigenvalue weighted by Crippen LogP contribution is -2.25. The van der Waals surface area contributed by atoms with Gasteiger partial charge in [-0.05, 0) is 11.6 Å². The summed E-state index contributed by atoms with van der Waals surface area (Å²) in [6, 6.07) is 7.82. The highest BCUT2D eigenvalue weighted by atomic mass is 79.9. The number of cyclic esters (lactones) is 1. The van der Waals surface area contributed by atoms with E-state index >= 15 is 0 Å². The summed E-state index contributed by atoms with van der Waals surface area (Å²) in [6.07, 6.45) is -0.474. The minimum atomic E-state index is -0.290. The Balaban J connectivity index is 2.06. The first kappa shape index (κ1) is 11.7. The van der Waals surface area contributed by atoms with Crippen molar-refractivity contribution in [2.75, 3.05) is 12.4 Å². The Labute approximate surface area is 107 Å². The number of carbonyl (C=O) groups excluding carboxylic acids is 1. The van der Waals surface area contributed by atoms with Gasteiger partial charge in [0.2, 0.25) is 0 Å². The van der Waals surface area contributed by atoms with Crippen LogP contribution < -0.4 is 0 Å². The van der Waals surface area contributed by atoms with Gasteiger partial charge in [-0.25, -0.2) is 4.79 Å². The summed E-state index contributed by atoms with van der Waals surface area (Å²) >= 11 is 9.11. The standard InChI is InChI=1S/C11H11BrClNO2/c12-10-4-2-1-3-8(10)6-14-7-9(5-13)16-11(14)15/h1-4,9H,5-7H2. The number of hydrogen-bond acceptors (Lipinski definition) is 2. The lowest BCUT2D eigenvalue weighted by atomic mass is 10.2. The molecule has 1 saturated heterocycles. The number of ether oxygens (including phenoxy) is 1. The van der Waals surface area contributed by atoms with Gasteiger partial charge in [0.05, 0.1) is 19.0 Å². The predicted octanol–water partition coefficient (Wildman–Crippen LogP) is 3.01. The molecule has 1 amide bonds. The minimum absolute atomic E-state index is 0.184. The van der Waals surface area contributed by atoms with Crippen LogP contribution in [0.1, 0.15) is 5.56 Å². The molecule has 16 heavy (non-hydrogen) atoms. The zero-order valence-electron chi connectivity index (χ0n) is 8.53. The molecule has 1 fully saturated rings. The fraction of sp³-hybridized carbons (Fsp3) is 0.364. The summed E-state index contributed by atoms with van der Waals surface area (Å²) in [5.41, 5.74) is 1.06. The molecule has 1 aliphatic rings. The SMILES string of the molecule is O=C1OC(CCl)CN1Cc1ccccc1Br. The van der Waals surface area contributed by atoms with Crippen LogP contribution in [0.5, 0.6) is 0 Å². The number of halogens is 2. The van der Waals surface area contributed by atoms with Crippen molar-refractivity contribution in [1.82, 2.24) is 4.90 Å². The molecule has 0 saturated carbocycles. The maximum atomic E-state index is 11.5. The molecule has 1 aromatic carbocycles. The quantitative estimate of drug-likeness (QED) is 0.803. The molecule has 0 spiro atoms. The van der Waals surface area contributed by atoms with Crippen LogP contribution in [-0.2, 0) is 11.3 Å². The second kappa shape index (κ2) is 5.06. The molecule has 5 heteroatoms. The molecule has 0 aromatic heterocycles. The average Bonchev–Trinajstić information content (AvgIpc) is 2.63. The van der Waals surface area contributed by atoms with Crippen LogP contribution in [0.4, 0.5) is 4.79 Å². The summed E-state index contributed by atoms with van der Waals surface area (Å²) < 4.78 is 6.07. The lowest BCUT2D eigenvalue weighted by Gasteiger charge is -2.13. The van der Waals surface area contributed by atoms with E-state index in [1.165, 1.54) is 0 Å². The van der Waals surface area contributed by atoms with Crippen molar-refractivity contribution >= 4 is 33.6 Å². The van der Waals surface area contributed by atoms with E-state index in [-0.39, 0.29) is 12.2 Å². The zero-order valence-corrected chi connectivity index (χ0v) is 10.9. The third kappa shape index (κ3) is 2.50. The summed E-state index contributed by atoms with van der Waals surface area (Å²) in [5.74, 6) is 0.345. The highest BCUT2D eigenvalue weighted by molar-refractivity contribution is 9.10. The fourth-order valence-corrected chi connectivity index (χ4v) is 2.19. The van der Waals surface area contributed by atoms with Crippen LogP contribution in [0.3, 0.4) is 0 Å². The number of hydrogen-bond donors (Lipinski definition) is 0. The minimum Gasteiger partial charge on any atom is -0.443 e.